The molecule has 8 rings (SSSR count). The normalized spacial score (nSPS) is 33.8. The molecule has 2 aromatic rings. The standard InChI is InChI=1S/C26H27N3O5/c1-23(2)10-8-13-15(34-23)7-6-14-17-19(29(33)18(13)14)26-16(24(3,4)20(17)30)12-25(21(31)27-26)9-5-11-28(25)22(26)32/h6-8,10,16,33H,5,9,11-12H2,1-4H3,(H,27,31)/t16-,25-,26+/m0/s1. The van der Waals surface area contributed by atoms with Crippen LogP contribution in [0.3, 0.4) is 0 Å². The molecule has 2 spiro atoms. The number of aromatic nitrogens is 1. The number of carbonyl (C=O) groups excluding carboxylic acids is 3. The van der Waals surface area contributed by atoms with Crippen LogP contribution in [0, 0.1) is 11.3 Å². The molecule has 8 heteroatoms. The van der Waals surface area contributed by atoms with E-state index in [1.165, 1.54) is 0 Å². The van der Waals surface area contributed by atoms with Crippen LogP contribution in [0.15, 0.2) is 18.2 Å². The van der Waals surface area contributed by atoms with Gasteiger partial charge in [0.2, 0.25) is 5.91 Å². The van der Waals surface area contributed by atoms with Crippen molar-refractivity contribution in [1.29, 1.82) is 0 Å². The van der Waals surface area contributed by atoms with Crippen LogP contribution in [0.5, 0.6) is 5.75 Å². The van der Waals surface area contributed by atoms with Crippen molar-refractivity contribution in [3.05, 3.63) is 35.0 Å². The van der Waals surface area contributed by atoms with Gasteiger partial charge < -0.3 is 20.2 Å². The van der Waals surface area contributed by atoms with Gasteiger partial charge in [-0.05, 0) is 57.4 Å². The molecular formula is C26H27N3O5. The van der Waals surface area contributed by atoms with E-state index in [1.54, 1.807) is 17.0 Å². The topological polar surface area (TPSA) is 101 Å². The molecule has 0 radical (unpaired) electrons. The zero-order valence-corrected chi connectivity index (χ0v) is 19.7. The SMILES string of the molecule is CC1(C)C=Cc2c(ccc3c4c(n(O)c23)[C@@]23NC(=O)[C@]5(CCCN5C2=O)C[C@H]3C(C)(C)C4=O)O1. The Labute approximate surface area is 196 Å². The van der Waals surface area contributed by atoms with Crippen LogP contribution in [0.25, 0.3) is 17.0 Å². The Balaban J connectivity index is 1.59. The highest BCUT2D eigenvalue weighted by atomic mass is 16.5. The van der Waals surface area contributed by atoms with Crippen molar-refractivity contribution in [1.82, 2.24) is 14.9 Å². The fourth-order valence-electron chi connectivity index (χ4n) is 7.42. The van der Waals surface area contributed by atoms with Gasteiger partial charge in [-0.15, -0.1) is 0 Å². The summed E-state index contributed by atoms with van der Waals surface area (Å²) in [5.41, 5.74) is -2.25. The highest BCUT2D eigenvalue weighted by Gasteiger charge is 2.75. The lowest BCUT2D eigenvalue weighted by atomic mass is 9.51. The summed E-state index contributed by atoms with van der Waals surface area (Å²) in [7, 11) is 0. The molecule has 4 fully saturated rings. The number of nitrogens with one attached hydrogen (secondary N) is 1. The summed E-state index contributed by atoms with van der Waals surface area (Å²) >= 11 is 0. The van der Waals surface area contributed by atoms with Crippen molar-refractivity contribution in [3.8, 4) is 5.75 Å². The summed E-state index contributed by atoms with van der Waals surface area (Å²) in [5.74, 6) is -0.396. The van der Waals surface area contributed by atoms with Crippen molar-refractivity contribution in [3.63, 3.8) is 0 Å². The van der Waals surface area contributed by atoms with Gasteiger partial charge in [-0.3, -0.25) is 14.4 Å². The quantitative estimate of drug-likeness (QED) is 0.588. The molecule has 1 aromatic heterocycles. The molecule has 2 bridgehead atoms. The largest absolute Gasteiger partial charge is 0.483 e. The molecule has 1 aromatic carbocycles. The Hall–Kier alpha value is -3.29. The Morgan fingerprint density at radius 2 is 1.91 bits per heavy atom. The fourth-order valence-corrected chi connectivity index (χ4v) is 7.42. The van der Waals surface area contributed by atoms with Gasteiger partial charge in [0.05, 0.1) is 11.1 Å². The molecule has 1 aliphatic carbocycles. The van der Waals surface area contributed by atoms with Gasteiger partial charge in [0, 0.05) is 28.8 Å². The van der Waals surface area contributed by atoms with Gasteiger partial charge in [-0.25, -0.2) is 0 Å². The van der Waals surface area contributed by atoms with E-state index >= 15 is 0 Å². The summed E-state index contributed by atoms with van der Waals surface area (Å²) < 4.78 is 7.08. The van der Waals surface area contributed by atoms with E-state index in [-0.39, 0.29) is 23.3 Å². The average Bonchev–Trinajstić information content (AvgIpc) is 3.33. The van der Waals surface area contributed by atoms with Crippen LogP contribution in [-0.2, 0) is 15.1 Å². The van der Waals surface area contributed by atoms with Crippen molar-refractivity contribution in [2.45, 2.75) is 63.6 Å². The monoisotopic (exact) mass is 461 g/mol. The lowest BCUT2D eigenvalue weighted by molar-refractivity contribution is -0.182. The summed E-state index contributed by atoms with van der Waals surface area (Å²) in [4.78, 5) is 43.4. The van der Waals surface area contributed by atoms with E-state index in [0.29, 0.717) is 47.2 Å². The van der Waals surface area contributed by atoms with Crippen LogP contribution >= 0.6 is 0 Å². The number of carbonyl (C=O) groups is 3. The van der Waals surface area contributed by atoms with Crippen molar-refractivity contribution in [2.75, 3.05) is 6.54 Å². The zero-order valence-electron chi connectivity index (χ0n) is 19.7. The minimum absolute atomic E-state index is 0.118. The summed E-state index contributed by atoms with van der Waals surface area (Å²) in [6.07, 6.45) is 5.55. The van der Waals surface area contributed by atoms with Crippen LogP contribution < -0.4 is 10.1 Å². The molecule has 34 heavy (non-hydrogen) atoms. The van der Waals surface area contributed by atoms with Crippen molar-refractivity contribution < 1.29 is 24.3 Å². The van der Waals surface area contributed by atoms with E-state index in [9.17, 15) is 19.6 Å². The van der Waals surface area contributed by atoms with E-state index in [1.807, 2.05) is 39.8 Å². The van der Waals surface area contributed by atoms with Gasteiger partial charge in [0.15, 0.2) is 11.3 Å². The molecule has 3 atom stereocenters. The molecule has 5 aliphatic heterocycles. The lowest BCUT2D eigenvalue weighted by Crippen LogP contribution is -2.82. The highest BCUT2D eigenvalue weighted by molar-refractivity contribution is 6.18. The first-order valence-corrected chi connectivity index (χ1v) is 11.9. The number of piperidine rings is 2. The number of hydrogen-bond donors (Lipinski definition) is 2. The highest BCUT2D eigenvalue weighted by Crippen LogP contribution is 2.62. The number of nitrogens with zero attached hydrogens (tertiary/aromatic N) is 2. The number of amides is 2. The minimum Gasteiger partial charge on any atom is -0.483 e. The Kier molecular flexibility index (Phi) is 3.26. The Morgan fingerprint density at radius 1 is 1.15 bits per heavy atom. The number of piperazine rings is 1. The number of ether oxygens (including phenoxy) is 1. The third kappa shape index (κ3) is 1.90. The molecule has 0 unspecified atom stereocenters. The van der Waals surface area contributed by atoms with E-state index in [4.69, 9.17) is 4.74 Å². The van der Waals surface area contributed by atoms with Gasteiger partial charge in [-0.2, -0.15) is 4.73 Å². The van der Waals surface area contributed by atoms with Crippen LogP contribution in [0.2, 0.25) is 0 Å². The minimum atomic E-state index is -1.49. The van der Waals surface area contributed by atoms with E-state index in [2.05, 4.69) is 5.32 Å². The molecule has 2 amide bonds. The Bertz CT molecular complexity index is 1420. The fraction of sp³-hybridized carbons (Fsp3) is 0.500. The summed E-state index contributed by atoms with van der Waals surface area (Å²) in [6.45, 7) is 8.12. The second kappa shape index (κ2) is 5.50. The molecule has 4 saturated heterocycles. The zero-order chi connectivity index (χ0) is 24.0. The number of fused-ring (bicyclic) bond motifs is 6. The second-order valence-corrected chi connectivity index (χ2v) is 11.6. The maximum absolute atomic E-state index is 14.2. The number of rotatable bonds is 0. The molecule has 2 N–H and O–H groups in total. The van der Waals surface area contributed by atoms with Crippen molar-refractivity contribution >= 4 is 34.6 Å². The average molecular weight is 462 g/mol. The molecular weight excluding hydrogens is 434 g/mol. The lowest BCUT2D eigenvalue weighted by Gasteiger charge is -2.63. The van der Waals surface area contributed by atoms with E-state index in [0.717, 1.165) is 11.2 Å². The number of benzene rings is 1. The molecule has 6 aliphatic rings. The summed E-state index contributed by atoms with van der Waals surface area (Å²) in [5, 5.41) is 15.3. The molecule has 6 heterocycles. The van der Waals surface area contributed by atoms with Crippen LogP contribution in [0.1, 0.15) is 68.6 Å². The number of ketones is 1. The second-order valence-electron chi connectivity index (χ2n) is 11.6. The molecule has 8 nitrogen and oxygen atoms in total. The first kappa shape index (κ1) is 20.1. The predicted molar refractivity (Wildman–Crippen MR) is 123 cm³/mol. The van der Waals surface area contributed by atoms with Crippen LogP contribution in [-0.4, -0.2) is 50.1 Å². The third-order valence-corrected chi connectivity index (χ3v) is 9.06. The number of hydrogen-bond acceptors (Lipinski definition) is 5. The van der Waals surface area contributed by atoms with Crippen molar-refractivity contribution in [2.24, 2.45) is 11.3 Å². The molecule has 0 saturated carbocycles. The predicted octanol–water partition coefficient (Wildman–Crippen LogP) is 2.99. The van der Waals surface area contributed by atoms with Crippen LogP contribution in [0.4, 0.5) is 0 Å². The van der Waals surface area contributed by atoms with Gasteiger partial charge in [-0.1, -0.05) is 13.8 Å². The smallest absolute Gasteiger partial charge is 0.255 e. The molecule has 176 valence electrons. The first-order chi connectivity index (χ1) is 16.0. The maximum atomic E-state index is 14.2. The van der Waals surface area contributed by atoms with Gasteiger partial charge in [0.1, 0.15) is 22.6 Å². The maximum Gasteiger partial charge on any atom is 0.255 e. The van der Waals surface area contributed by atoms with Gasteiger partial charge in [0.25, 0.3) is 5.91 Å². The van der Waals surface area contributed by atoms with E-state index < -0.39 is 28.0 Å². The number of Topliss-reactive ketones (excluding diaryl/α,β-unsaturated/α-hetero) is 1. The Morgan fingerprint density at radius 3 is 2.68 bits per heavy atom. The summed E-state index contributed by atoms with van der Waals surface area (Å²) in [6, 6.07) is 3.58. The first-order valence-electron chi connectivity index (χ1n) is 11.9. The van der Waals surface area contributed by atoms with Gasteiger partial charge >= 0.3 is 0 Å². The third-order valence-electron chi connectivity index (χ3n) is 9.06.